The van der Waals surface area contributed by atoms with Crippen LogP contribution in [0.3, 0.4) is 0 Å². The molecule has 0 fully saturated rings. The van der Waals surface area contributed by atoms with Crippen LogP contribution in [0.1, 0.15) is 17.4 Å². The number of aromatic nitrogens is 2. The molecule has 0 bridgehead atoms. The molecule has 124 valence electrons. The van der Waals surface area contributed by atoms with E-state index >= 15 is 0 Å². The average molecular weight is 320 g/mol. The number of nitrogens with zero attached hydrogens (tertiary/aromatic N) is 1. The van der Waals surface area contributed by atoms with Crippen LogP contribution in [0.25, 0.3) is 0 Å². The van der Waals surface area contributed by atoms with Crippen LogP contribution in [-0.4, -0.2) is 42.1 Å². The number of nitrogens with one attached hydrogen (secondary N) is 3. The van der Waals surface area contributed by atoms with E-state index in [0.717, 1.165) is 5.69 Å². The zero-order valence-electron chi connectivity index (χ0n) is 13.0. The highest BCUT2D eigenvalue weighted by Gasteiger charge is 2.15. The standard InChI is InChI=1S/C15H20N4O4/c1-22-11-3-4-14(23-2)12(7-11)13(20)9-17-15(21)16-8-10-5-6-18-19-10/h3-7,13,20H,8-9H2,1-2H3,(H,18,19)(H2,16,17,21)/t13-/m1/s1. The van der Waals surface area contributed by atoms with Crippen LogP contribution < -0.4 is 20.1 Å². The van der Waals surface area contributed by atoms with Crippen molar-refractivity contribution in [2.75, 3.05) is 20.8 Å². The molecule has 0 saturated carbocycles. The minimum absolute atomic E-state index is 0.0400. The molecule has 2 amide bonds. The van der Waals surface area contributed by atoms with Gasteiger partial charge in [0.2, 0.25) is 0 Å². The van der Waals surface area contributed by atoms with E-state index in [-0.39, 0.29) is 12.6 Å². The largest absolute Gasteiger partial charge is 0.497 e. The van der Waals surface area contributed by atoms with E-state index in [4.69, 9.17) is 9.47 Å². The number of hydrogen-bond acceptors (Lipinski definition) is 5. The molecule has 0 aliphatic rings. The van der Waals surface area contributed by atoms with Crippen LogP contribution in [0.15, 0.2) is 30.5 Å². The molecule has 0 aliphatic carbocycles. The summed E-state index contributed by atoms with van der Waals surface area (Å²) >= 11 is 0. The van der Waals surface area contributed by atoms with Crippen LogP contribution in [0, 0.1) is 0 Å². The number of aliphatic hydroxyl groups excluding tert-OH is 1. The normalized spacial score (nSPS) is 11.6. The number of amides is 2. The van der Waals surface area contributed by atoms with Crippen molar-refractivity contribution in [3.05, 3.63) is 41.7 Å². The van der Waals surface area contributed by atoms with Crippen molar-refractivity contribution in [2.24, 2.45) is 0 Å². The molecule has 0 unspecified atom stereocenters. The van der Waals surface area contributed by atoms with Gasteiger partial charge in [-0.05, 0) is 24.3 Å². The third-order valence-corrected chi connectivity index (χ3v) is 3.25. The maximum absolute atomic E-state index is 11.7. The van der Waals surface area contributed by atoms with Crippen molar-refractivity contribution in [3.63, 3.8) is 0 Å². The fourth-order valence-corrected chi connectivity index (χ4v) is 2.02. The second kappa shape index (κ2) is 8.04. The number of aliphatic hydroxyl groups is 1. The lowest BCUT2D eigenvalue weighted by molar-refractivity contribution is 0.169. The molecule has 1 heterocycles. The Balaban J connectivity index is 1.88. The number of carbonyl (C=O) groups excluding carboxylic acids is 1. The Bertz CT molecular complexity index is 630. The van der Waals surface area contributed by atoms with Gasteiger partial charge in [-0.2, -0.15) is 5.10 Å². The fraction of sp³-hybridized carbons (Fsp3) is 0.333. The Morgan fingerprint density at radius 2 is 2.13 bits per heavy atom. The summed E-state index contributed by atoms with van der Waals surface area (Å²) < 4.78 is 10.3. The first-order valence-electron chi connectivity index (χ1n) is 7.04. The number of carbonyl (C=O) groups is 1. The van der Waals surface area contributed by atoms with Crippen molar-refractivity contribution in [2.45, 2.75) is 12.6 Å². The van der Waals surface area contributed by atoms with E-state index in [1.54, 1.807) is 37.6 Å². The van der Waals surface area contributed by atoms with Gasteiger partial charge >= 0.3 is 6.03 Å². The summed E-state index contributed by atoms with van der Waals surface area (Å²) in [7, 11) is 3.06. The highest BCUT2D eigenvalue weighted by molar-refractivity contribution is 5.73. The Kier molecular flexibility index (Phi) is 5.81. The highest BCUT2D eigenvalue weighted by atomic mass is 16.5. The second-order valence-electron chi connectivity index (χ2n) is 4.77. The molecular weight excluding hydrogens is 300 g/mol. The predicted molar refractivity (Wildman–Crippen MR) is 83.3 cm³/mol. The van der Waals surface area contributed by atoms with E-state index < -0.39 is 6.10 Å². The summed E-state index contributed by atoms with van der Waals surface area (Å²) in [6.07, 6.45) is 0.686. The first-order valence-corrected chi connectivity index (χ1v) is 7.04. The summed E-state index contributed by atoms with van der Waals surface area (Å²) in [4.78, 5) is 11.7. The number of benzene rings is 1. The van der Waals surface area contributed by atoms with E-state index in [9.17, 15) is 9.90 Å². The number of methoxy groups -OCH3 is 2. The van der Waals surface area contributed by atoms with Gasteiger partial charge in [0.1, 0.15) is 17.6 Å². The van der Waals surface area contributed by atoms with Gasteiger partial charge in [-0.25, -0.2) is 4.79 Å². The van der Waals surface area contributed by atoms with Crippen molar-refractivity contribution in [3.8, 4) is 11.5 Å². The molecule has 8 nitrogen and oxygen atoms in total. The third-order valence-electron chi connectivity index (χ3n) is 3.25. The predicted octanol–water partition coefficient (Wildman–Crippen LogP) is 0.960. The summed E-state index contributed by atoms with van der Waals surface area (Å²) in [6.45, 7) is 0.364. The number of H-pyrrole nitrogens is 1. The van der Waals surface area contributed by atoms with Gasteiger partial charge < -0.3 is 25.2 Å². The summed E-state index contributed by atoms with van der Waals surface area (Å²) in [5.74, 6) is 1.13. The molecule has 1 atom stereocenters. The number of aromatic amines is 1. The SMILES string of the molecule is COc1ccc(OC)c([C@H](O)CNC(=O)NCc2ccn[nH]2)c1. The molecule has 1 aromatic carbocycles. The molecule has 2 rings (SSSR count). The van der Waals surface area contributed by atoms with Crippen molar-refractivity contribution < 1.29 is 19.4 Å². The molecule has 4 N–H and O–H groups in total. The number of urea groups is 1. The first kappa shape index (κ1) is 16.6. The second-order valence-corrected chi connectivity index (χ2v) is 4.77. The van der Waals surface area contributed by atoms with E-state index in [0.29, 0.717) is 23.6 Å². The van der Waals surface area contributed by atoms with Crippen molar-refractivity contribution >= 4 is 6.03 Å². The summed E-state index contributed by atoms with van der Waals surface area (Å²) in [5.41, 5.74) is 1.33. The highest BCUT2D eigenvalue weighted by Crippen LogP contribution is 2.28. The van der Waals surface area contributed by atoms with Gasteiger partial charge in [-0.15, -0.1) is 0 Å². The van der Waals surface area contributed by atoms with Gasteiger partial charge in [0.25, 0.3) is 0 Å². The lowest BCUT2D eigenvalue weighted by Gasteiger charge is -2.16. The maximum Gasteiger partial charge on any atom is 0.315 e. The number of hydrogen-bond donors (Lipinski definition) is 4. The molecule has 23 heavy (non-hydrogen) atoms. The van der Waals surface area contributed by atoms with Crippen molar-refractivity contribution in [1.82, 2.24) is 20.8 Å². The zero-order chi connectivity index (χ0) is 16.7. The van der Waals surface area contributed by atoms with Gasteiger partial charge in [0, 0.05) is 18.3 Å². The molecule has 2 aromatic rings. The van der Waals surface area contributed by atoms with Gasteiger partial charge in [-0.1, -0.05) is 0 Å². The van der Waals surface area contributed by atoms with Crippen LogP contribution in [0.5, 0.6) is 11.5 Å². The zero-order valence-corrected chi connectivity index (χ0v) is 13.0. The van der Waals surface area contributed by atoms with Crippen LogP contribution in [-0.2, 0) is 6.54 Å². The topological polar surface area (TPSA) is 108 Å². The minimum Gasteiger partial charge on any atom is -0.497 e. The summed E-state index contributed by atoms with van der Waals surface area (Å²) in [6, 6.07) is 6.49. The van der Waals surface area contributed by atoms with Crippen molar-refractivity contribution in [1.29, 1.82) is 0 Å². The Morgan fingerprint density at radius 1 is 1.30 bits per heavy atom. The average Bonchev–Trinajstić information content (AvgIpc) is 3.10. The third kappa shape index (κ3) is 4.62. The monoisotopic (exact) mass is 320 g/mol. The molecule has 0 radical (unpaired) electrons. The van der Waals surface area contributed by atoms with E-state index in [1.165, 1.54) is 7.11 Å². The Labute approximate surface area is 133 Å². The van der Waals surface area contributed by atoms with Gasteiger partial charge in [0.15, 0.2) is 0 Å². The summed E-state index contributed by atoms with van der Waals surface area (Å²) in [5, 5.41) is 22.0. The smallest absolute Gasteiger partial charge is 0.315 e. The van der Waals surface area contributed by atoms with Gasteiger partial charge in [0.05, 0.1) is 26.5 Å². The van der Waals surface area contributed by atoms with Crippen LogP contribution in [0.2, 0.25) is 0 Å². The molecule has 1 aromatic heterocycles. The number of ether oxygens (including phenoxy) is 2. The van der Waals surface area contributed by atoms with E-state index in [2.05, 4.69) is 20.8 Å². The lowest BCUT2D eigenvalue weighted by Crippen LogP contribution is -2.37. The fourth-order valence-electron chi connectivity index (χ4n) is 2.02. The maximum atomic E-state index is 11.7. The van der Waals surface area contributed by atoms with Crippen LogP contribution >= 0.6 is 0 Å². The Hall–Kier alpha value is -2.74. The van der Waals surface area contributed by atoms with E-state index in [1.807, 2.05) is 0 Å². The molecule has 0 aliphatic heterocycles. The Morgan fingerprint density at radius 3 is 2.78 bits per heavy atom. The minimum atomic E-state index is -0.919. The number of rotatable bonds is 7. The molecule has 8 heteroatoms. The van der Waals surface area contributed by atoms with Gasteiger partial charge in [-0.3, -0.25) is 5.10 Å². The molecule has 0 saturated heterocycles. The quantitative estimate of drug-likeness (QED) is 0.608. The van der Waals surface area contributed by atoms with Crippen LogP contribution in [0.4, 0.5) is 4.79 Å². The molecule has 0 spiro atoms. The molecular formula is C15H20N4O4. The first-order chi connectivity index (χ1) is 11.1. The lowest BCUT2D eigenvalue weighted by atomic mass is 10.1.